The molecule has 48 heavy (non-hydrogen) atoms. The fourth-order valence-corrected chi connectivity index (χ4v) is 8.66. The highest BCUT2D eigenvalue weighted by atomic mass is 32.2. The van der Waals surface area contributed by atoms with E-state index < -0.39 is 50.5 Å². The quantitative estimate of drug-likeness (QED) is 0.201. The molecule has 0 aliphatic heterocycles. The van der Waals surface area contributed by atoms with E-state index >= 15 is 0 Å². The Morgan fingerprint density at radius 2 is 1.67 bits per heavy atom. The Kier molecular flexibility index (Phi) is 12.9. The van der Waals surface area contributed by atoms with E-state index in [9.17, 15) is 27.3 Å². The molecule has 0 heterocycles. The smallest absolute Gasteiger partial charge is 0.239 e. The number of hydrogen-bond donors (Lipinski definition) is 4. The summed E-state index contributed by atoms with van der Waals surface area (Å²) in [5.74, 6) is -1.66. The molecule has 1 saturated carbocycles. The normalized spacial score (nSPS) is 21.2. The molecule has 4 N–H and O–H groups in total. The Bertz CT molecular complexity index is 1670. The Morgan fingerprint density at radius 3 is 2.33 bits per heavy atom. The number of fused-ring (bicyclic) bond motifs is 1. The molecule has 7 atom stereocenters. The molecule has 0 bridgehead atoms. The summed E-state index contributed by atoms with van der Waals surface area (Å²) in [5.41, 5.74) is 0.435. The first kappa shape index (κ1) is 37.7. The van der Waals surface area contributed by atoms with Crippen molar-refractivity contribution in [3.05, 3.63) is 78.4 Å². The largest absolute Gasteiger partial charge is 0.391 e. The third kappa shape index (κ3) is 10.9. The second-order valence-electron chi connectivity index (χ2n) is 13.8. The van der Waals surface area contributed by atoms with Crippen LogP contribution in [0.2, 0.25) is 0 Å². The number of nitrogens with one attached hydrogen (secondary N) is 3. The van der Waals surface area contributed by atoms with E-state index in [1.807, 2.05) is 81.4 Å². The van der Waals surface area contributed by atoms with Crippen LogP contribution >= 0.6 is 0 Å². The lowest BCUT2D eigenvalue weighted by Gasteiger charge is -2.38. The lowest BCUT2D eigenvalue weighted by Crippen LogP contribution is -2.55. The maximum Gasteiger partial charge on any atom is 0.239 e. The molecule has 2 amide bonds. The molecule has 1 aliphatic rings. The van der Waals surface area contributed by atoms with Crippen LogP contribution in [-0.2, 0) is 41.6 Å². The van der Waals surface area contributed by atoms with Gasteiger partial charge in [-0.25, -0.2) is 13.1 Å². The van der Waals surface area contributed by atoms with Crippen molar-refractivity contribution in [1.82, 2.24) is 15.4 Å². The molecule has 1 fully saturated rings. The highest BCUT2D eigenvalue weighted by Gasteiger charge is 2.39. The van der Waals surface area contributed by atoms with Crippen molar-refractivity contribution in [2.24, 2.45) is 11.8 Å². The summed E-state index contributed by atoms with van der Waals surface area (Å²) >= 11 is 0. The summed E-state index contributed by atoms with van der Waals surface area (Å²) in [6.45, 7) is 5.78. The summed E-state index contributed by atoms with van der Waals surface area (Å²) in [5, 5.41) is 19.4. The van der Waals surface area contributed by atoms with E-state index in [1.54, 1.807) is 19.2 Å². The van der Waals surface area contributed by atoms with Crippen LogP contribution in [0.5, 0.6) is 0 Å². The zero-order valence-electron chi connectivity index (χ0n) is 28.3. The average Bonchev–Trinajstić information content (AvgIpc) is 3.02. The van der Waals surface area contributed by atoms with Gasteiger partial charge < -0.3 is 20.5 Å². The van der Waals surface area contributed by atoms with E-state index in [4.69, 9.17) is 4.74 Å². The highest BCUT2D eigenvalue weighted by molar-refractivity contribution is 7.89. The minimum Gasteiger partial charge on any atom is -0.391 e. The first-order chi connectivity index (χ1) is 22.6. The molecule has 4 rings (SSSR count). The van der Waals surface area contributed by atoms with Crippen LogP contribution in [0, 0.1) is 11.8 Å². The summed E-state index contributed by atoms with van der Waals surface area (Å²) in [4.78, 5) is 27.8. The molecule has 10 nitrogen and oxygen atoms in total. The Balaban J connectivity index is 1.59. The number of aliphatic hydroxyl groups excluding tert-OH is 1. The molecule has 0 radical (unpaired) electrons. The van der Waals surface area contributed by atoms with Crippen LogP contribution < -0.4 is 15.4 Å². The van der Waals surface area contributed by atoms with Crippen molar-refractivity contribution < 1.29 is 32.1 Å². The van der Waals surface area contributed by atoms with Gasteiger partial charge in [0.1, 0.15) is 6.04 Å². The van der Waals surface area contributed by atoms with Gasteiger partial charge >= 0.3 is 0 Å². The van der Waals surface area contributed by atoms with E-state index in [0.29, 0.717) is 17.7 Å². The van der Waals surface area contributed by atoms with E-state index in [2.05, 4.69) is 15.4 Å². The minimum atomic E-state index is -3.88. The van der Waals surface area contributed by atoms with Crippen molar-refractivity contribution in [3.63, 3.8) is 0 Å². The molecule has 3 aromatic rings. The molecule has 0 saturated heterocycles. The predicted octanol–water partition coefficient (Wildman–Crippen LogP) is 3.69. The van der Waals surface area contributed by atoms with Crippen LogP contribution in [0.1, 0.15) is 52.0 Å². The number of methoxy groups -OCH3 is 1. The highest BCUT2D eigenvalue weighted by Crippen LogP contribution is 2.36. The van der Waals surface area contributed by atoms with Gasteiger partial charge in [0.25, 0.3) is 0 Å². The van der Waals surface area contributed by atoms with Crippen molar-refractivity contribution >= 4 is 43.4 Å². The summed E-state index contributed by atoms with van der Waals surface area (Å²) in [7, 11) is -3.99. The van der Waals surface area contributed by atoms with Gasteiger partial charge in [-0.1, -0.05) is 66.7 Å². The van der Waals surface area contributed by atoms with Crippen LogP contribution in [0.15, 0.2) is 77.7 Å². The molecular formula is C36H49N3O7S2. The minimum absolute atomic E-state index is 0.0598. The van der Waals surface area contributed by atoms with Gasteiger partial charge in [-0.15, -0.1) is 0 Å². The maximum absolute atomic E-state index is 13.9. The van der Waals surface area contributed by atoms with Crippen LogP contribution in [0.3, 0.4) is 0 Å². The van der Waals surface area contributed by atoms with E-state index in [0.717, 1.165) is 29.0 Å². The third-order valence-corrected chi connectivity index (χ3v) is 10.9. The molecule has 0 aromatic heterocycles. The standard InChI is InChI=1S/C36H49N3O7S2/c1-36(2,3)38-34(41)29-19-18-27(46-4)21-26(29)22-32(40)30(20-24-12-7-6-8-13-24)37-35(42)31(39-48(5,44)45)23-47(43)33-17-11-15-25-14-9-10-16-28(25)33/h6-17,26-27,29-32,39-40H,18-23H2,1-5H3,(H,37,42)(H,38,41)/t26?,27?,29?,30-,31+,32+,47?/m0/s1. The van der Waals surface area contributed by atoms with Gasteiger partial charge in [0, 0.05) is 23.5 Å². The Hall–Kier alpha value is -3.16. The number of aliphatic hydroxyl groups is 1. The Morgan fingerprint density at radius 1 is 1.00 bits per heavy atom. The van der Waals surface area contributed by atoms with Crippen LogP contribution in [0.25, 0.3) is 10.8 Å². The molecule has 12 heteroatoms. The zero-order valence-corrected chi connectivity index (χ0v) is 30.0. The monoisotopic (exact) mass is 699 g/mol. The van der Waals surface area contributed by atoms with Gasteiger partial charge in [-0.3, -0.25) is 13.8 Å². The molecule has 262 valence electrons. The fraction of sp³-hybridized carbons (Fsp3) is 0.500. The first-order valence-corrected chi connectivity index (χ1v) is 19.5. The number of benzene rings is 3. The lowest BCUT2D eigenvalue weighted by molar-refractivity contribution is -0.132. The molecule has 4 unspecified atom stereocenters. The molecular weight excluding hydrogens is 651 g/mol. The second-order valence-corrected chi connectivity index (χ2v) is 17.1. The Labute approximate surface area is 286 Å². The zero-order chi connectivity index (χ0) is 35.1. The van der Waals surface area contributed by atoms with Gasteiger partial charge in [-0.2, -0.15) is 0 Å². The SMILES string of the molecule is COC1CCC(C(=O)NC(C)(C)C)C(C[C@@H](O)[C@H](Cc2ccccc2)NC(=O)[C@@H](CS(=O)c2cccc3ccccc23)NS(C)(=O)=O)C1. The molecule has 0 spiro atoms. The summed E-state index contributed by atoms with van der Waals surface area (Å²) in [6.07, 6.45) is 2.18. The number of carbonyl (C=O) groups is 2. The fourth-order valence-electron chi connectivity index (χ4n) is 6.47. The number of rotatable bonds is 14. The van der Waals surface area contributed by atoms with Crippen LogP contribution in [0.4, 0.5) is 0 Å². The number of amides is 2. The maximum atomic E-state index is 13.9. The van der Waals surface area contributed by atoms with E-state index in [-0.39, 0.29) is 42.4 Å². The van der Waals surface area contributed by atoms with Crippen molar-refractivity contribution in [1.29, 1.82) is 0 Å². The van der Waals surface area contributed by atoms with Gasteiger partial charge in [0.05, 0.1) is 41.1 Å². The second kappa shape index (κ2) is 16.5. The van der Waals surface area contributed by atoms with Gasteiger partial charge in [0.2, 0.25) is 21.8 Å². The summed E-state index contributed by atoms with van der Waals surface area (Å²) < 4.78 is 46.5. The van der Waals surface area contributed by atoms with Crippen LogP contribution in [-0.4, -0.2) is 78.5 Å². The molecule has 1 aliphatic carbocycles. The van der Waals surface area contributed by atoms with Gasteiger partial charge in [-0.05, 0) is 81.2 Å². The number of ether oxygens (including phenoxy) is 1. The third-order valence-electron chi connectivity index (χ3n) is 8.72. The summed E-state index contributed by atoms with van der Waals surface area (Å²) in [6, 6.07) is 20.0. The van der Waals surface area contributed by atoms with Crippen molar-refractivity contribution in [2.75, 3.05) is 19.1 Å². The number of hydrogen-bond acceptors (Lipinski definition) is 7. The topological polar surface area (TPSA) is 151 Å². The van der Waals surface area contributed by atoms with Gasteiger partial charge in [0.15, 0.2) is 0 Å². The predicted molar refractivity (Wildman–Crippen MR) is 189 cm³/mol. The first-order valence-electron chi connectivity index (χ1n) is 16.3. The molecule has 3 aromatic carbocycles. The lowest BCUT2D eigenvalue weighted by atomic mass is 9.73. The number of carbonyl (C=O) groups excluding carboxylic acids is 2. The van der Waals surface area contributed by atoms with Crippen molar-refractivity contribution in [3.8, 4) is 0 Å². The average molecular weight is 700 g/mol. The van der Waals surface area contributed by atoms with E-state index in [1.165, 1.54) is 0 Å². The number of sulfonamides is 1. The van der Waals surface area contributed by atoms with Crippen molar-refractivity contribution in [2.45, 2.75) is 87.6 Å².